The van der Waals surface area contributed by atoms with Crippen LogP contribution in [0.5, 0.6) is 5.75 Å². The van der Waals surface area contributed by atoms with Gasteiger partial charge >= 0.3 is 5.97 Å². The smallest absolute Gasteiger partial charge is 0.342 e. The molecule has 0 bridgehead atoms. The molecule has 19 heavy (non-hydrogen) atoms. The van der Waals surface area contributed by atoms with Crippen molar-refractivity contribution in [2.24, 2.45) is 5.92 Å². The minimum atomic E-state index is -0.488. The topological polar surface area (TPSA) is 35.5 Å². The second-order valence-electron chi connectivity index (χ2n) is 4.92. The van der Waals surface area contributed by atoms with Crippen molar-refractivity contribution >= 4 is 29.2 Å². The zero-order chi connectivity index (χ0) is 14.6. The number of esters is 1. The number of rotatable bonds is 5. The predicted octanol–water partition coefficient (Wildman–Crippen LogP) is 4.59. The molecule has 1 aromatic rings. The monoisotopic (exact) mass is 304 g/mol. The van der Waals surface area contributed by atoms with Gasteiger partial charge in [0.25, 0.3) is 0 Å². The quantitative estimate of drug-likeness (QED) is 0.746. The van der Waals surface area contributed by atoms with E-state index in [1.165, 1.54) is 6.07 Å². The van der Waals surface area contributed by atoms with E-state index in [1.807, 2.05) is 13.8 Å². The molecule has 5 heteroatoms. The summed E-state index contributed by atoms with van der Waals surface area (Å²) in [6, 6.07) is 3.05. The Morgan fingerprint density at radius 2 is 1.84 bits per heavy atom. The lowest BCUT2D eigenvalue weighted by atomic mass is 10.2. The van der Waals surface area contributed by atoms with E-state index in [0.717, 1.165) is 0 Å². The molecule has 0 fully saturated rings. The molecular weight excluding hydrogens is 287 g/mol. The van der Waals surface area contributed by atoms with Crippen LogP contribution in [0.25, 0.3) is 0 Å². The van der Waals surface area contributed by atoms with E-state index < -0.39 is 5.97 Å². The van der Waals surface area contributed by atoms with Crippen LogP contribution in [-0.4, -0.2) is 18.7 Å². The van der Waals surface area contributed by atoms with Gasteiger partial charge in [0.05, 0.1) is 17.7 Å². The molecule has 0 radical (unpaired) electrons. The minimum Gasteiger partial charge on any atom is -0.491 e. The van der Waals surface area contributed by atoms with E-state index in [4.69, 9.17) is 32.7 Å². The number of hydrogen-bond acceptors (Lipinski definition) is 3. The first kappa shape index (κ1) is 16.1. The van der Waals surface area contributed by atoms with Gasteiger partial charge in [-0.25, -0.2) is 4.79 Å². The first-order valence-electron chi connectivity index (χ1n) is 6.14. The third kappa shape index (κ3) is 4.92. The highest BCUT2D eigenvalue weighted by atomic mass is 35.5. The van der Waals surface area contributed by atoms with Gasteiger partial charge in [0.15, 0.2) is 5.75 Å². The molecule has 3 nitrogen and oxygen atoms in total. The number of halogens is 2. The molecule has 0 saturated carbocycles. The van der Waals surface area contributed by atoms with Gasteiger partial charge in [-0.2, -0.15) is 0 Å². The highest BCUT2D eigenvalue weighted by Crippen LogP contribution is 2.33. The van der Waals surface area contributed by atoms with E-state index in [-0.39, 0.29) is 11.7 Å². The lowest BCUT2D eigenvalue weighted by Crippen LogP contribution is -2.14. The minimum absolute atomic E-state index is 0.219. The molecule has 106 valence electrons. The van der Waals surface area contributed by atoms with Crippen molar-refractivity contribution in [3.8, 4) is 5.75 Å². The lowest BCUT2D eigenvalue weighted by Gasteiger charge is -2.15. The maximum absolute atomic E-state index is 12.0. The molecule has 0 aliphatic carbocycles. The van der Waals surface area contributed by atoms with Crippen molar-refractivity contribution in [3.05, 3.63) is 27.7 Å². The molecule has 0 aromatic heterocycles. The number of carbonyl (C=O) groups excluding carboxylic acids is 1. The Labute approximate surface area is 123 Å². The van der Waals surface area contributed by atoms with E-state index >= 15 is 0 Å². The summed E-state index contributed by atoms with van der Waals surface area (Å²) in [5.74, 6) is 0.157. The first-order chi connectivity index (χ1) is 8.81. The summed E-state index contributed by atoms with van der Waals surface area (Å²) in [6.07, 6.45) is -0.219. The molecular formula is C14H18Cl2O3. The van der Waals surface area contributed by atoms with Crippen molar-refractivity contribution in [1.82, 2.24) is 0 Å². The van der Waals surface area contributed by atoms with Gasteiger partial charge in [-0.15, -0.1) is 0 Å². The number of ether oxygens (including phenoxy) is 2. The zero-order valence-corrected chi connectivity index (χ0v) is 13.0. The van der Waals surface area contributed by atoms with Crippen LogP contribution in [0.15, 0.2) is 12.1 Å². The fraction of sp³-hybridized carbons (Fsp3) is 0.500. The van der Waals surface area contributed by atoms with Crippen molar-refractivity contribution in [2.75, 3.05) is 6.61 Å². The number of hydrogen-bond donors (Lipinski definition) is 0. The van der Waals surface area contributed by atoms with Crippen LogP contribution in [-0.2, 0) is 4.74 Å². The van der Waals surface area contributed by atoms with Gasteiger partial charge in [-0.3, -0.25) is 0 Å². The van der Waals surface area contributed by atoms with Gasteiger partial charge in [-0.05, 0) is 31.9 Å². The molecule has 1 rings (SSSR count). The van der Waals surface area contributed by atoms with Gasteiger partial charge in [-0.1, -0.05) is 37.0 Å². The van der Waals surface area contributed by atoms with Gasteiger partial charge in [0.1, 0.15) is 5.56 Å². The van der Waals surface area contributed by atoms with Gasteiger partial charge < -0.3 is 9.47 Å². The molecule has 0 amide bonds. The summed E-state index contributed by atoms with van der Waals surface area (Å²) >= 11 is 12.0. The number of carbonyl (C=O) groups is 1. The highest BCUT2D eigenvalue weighted by Gasteiger charge is 2.20. The average molecular weight is 305 g/mol. The van der Waals surface area contributed by atoms with E-state index in [0.29, 0.717) is 28.3 Å². The zero-order valence-electron chi connectivity index (χ0n) is 11.5. The maximum Gasteiger partial charge on any atom is 0.342 e. The molecule has 0 N–H and O–H groups in total. The van der Waals surface area contributed by atoms with Crippen LogP contribution >= 0.6 is 23.2 Å². The largest absolute Gasteiger partial charge is 0.491 e. The summed E-state index contributed by atoms with van der Waals surface area (Å²) in [5.41, 5.74) is 0.256. The summed E-state index contributed by atoms with van der Waals surface area (Å²) in [4.78, 5) is 12.0. The summed E-state index contributed by atoms with van der Waals surface area (Å²) in [7, 11) is 0. The highest BCUT2D eigenvalue weighted by molar-refractivity contribution is 6.36. The summed E-state index contributed by atoms with van der Waals surface area (Å²) in [5, 5.41) is 0.682. The second-order valence-corrected chi connectivity index (χ2v) is 5.77. The Morgan fingerprint density at radius 1 is 1.21 bits per heavy atom. The van der Waals surface area contributed by atoms with Crippen molar-refractivity contribution in [1.29, 1.82) is 0 Å². The van der Waals surface area contributed by atoms with E-state index in [1.54, 1.807) is 19.9 Å². The Hall–Kier alpha value is -0.930. The normalized spacial score (nSPS) is 10.9. The van der Waals surface area contributed by atoms with Crippen LogP contribution < -0.4 is 4.74 Å². The maximum atomic E-state index is 12.0. The Balaban J connectivity index is 3.08. The molecule has 0 spiro atoms. The Bertz CT molecular complexity index is 456. The van der Waals surface area contributed by atoms with E-state index in [2.05, 4.69) is 0 Å². The fourth-order valence-corrected chi connectivity index (χ4v) is 1.93. The summed E-state index contributed by atoms with van der Waals surface area (Å²) in [6.45, 7) is 8.03. The molecule has 1 aromatic carbocycles. The van der Waals surface area contributed by atoms with Crippen LogP contribution in [0.4, 0.5) is 0 Å². The van der Waals surface area contributed by atoms with Crippen LogP contribution in [0.3, 0.4) is 0 Å². The van der Waals surface area contributed by atoms with Crippen LogP contribution in [0.1, 0.15) is 38.1 Å². The molecule has 0 atom stereocenters. The molecule has 0 heterocycles. The number of benzene rings is 1. The second kappa shape index (κ2) is 7.01. The molecule has 0 aliphatic heterocycles. The SMILES string of the molecule is CC(C)COc1c(Cl)cc(Cl)cc1C(=O)OC(C)C. The summed E-state index contributed by atoms with van der Waals surface area (Å²) < 4.78 is 10.8. The van der Waals surface area contributed by atoms with Gasteiger partial charge in [0, 0.05) is 5.02 Å². The predicted molar refractivity (Wildman–Crippen MR) is 77.3 cm³/mol. The van der Waals surface area contributed by atoms with Crippen LogP contribution in [0, 0.1) is 5.92 Å². The van der Waals surface area contributed by atoms with Crippen LogP contribution in [0.2, 0.25) is 10.0 Å². The first-order valence-corrected chi connectivity index (χ1v) is 6.89. The van der Waals surface area contributed by atoms with E-state index in [9.17, 15) is 4.79 Å². The molecule has 0 saturated heterocycles. The average Bonchev–Trinajstić information content (AvgIpc) is 2.25. The van der Waals surface area contributed by atoms with Crippen molar-refractivity contribution in [3.63, 3.8) is 0 Å². The third-order valence-electron chi connectivity index (χ3n) is 2.13. The van der Waals surface area contributed by atoms with Crippen molar-refractivity contribution < 1.29 is 14.3 Å². The lowest BCUT2D eigenvalue weighted by molar-refractivity contribution is 0.0373. The Kier molecular flexibility index (Phi) is 5.95. The van der Waals surface area contributed by atoms with Gasteiger partial charge in [0.2, 0.25) is 0 Å². The fourth-order valence-electron chi connectivity index (χ4n) is 1.39. The molecule has 0 aliphatic rings. The van der Waals surface area contributed by atoms with Crippen molar-refractivity contribution in [2.45, 2.75) is 33.8 Å². The Morgan fingerprint density at radius 3 is 2.37 bits per heavy atom. The molecule has 0 unspecified atom stereocenters. The standard InChI is InChI=1S/C14H18Cl2O3/c1-8(2)7-18-13-11(14(17)19-9(3)4)5-10(15)6-12(13)16/h5-6,8-9H,7H2,1-4H3. The third-order valence-corrected chi connectivity index (χ3v) is 2.63.